The molecular weight excluding hydrogens is 182 g/mol. The van der Waals surface area contributed by atoms with E-state index in [2.05, 4.69) is 25.8 Å². The van der Waals surface area contributed by atoms with Gasteiger partial charge in [-0.15, -0.1) is 0 Å². The average molecular weight is 205 g/mol. The van der Waals surface area contributed by atoms with Crippen LogP contribution in [0.15, 0.2) is 11.1 Å². The number of piperidine rings is 1. The highest BCUT2D eigenvalue weighted by molar-refractivity contribution is 5.30. The minimum Gasteiger partial charge on any atom is -0.306 e. The van der Waals surface area contributed by atoms with Crippen LogP contribution in [0.3, 0.4) is 0 Å². The van der Waals surface area contributed by atoms with E-state index in [9.17, 15) is 0 Å². The maximum atomic E-state index is 2.56. The van der Waals surface area contributed by atoms with Crippen LogP contribution in [0.4, 0.5) is 0 Å². The maximum absolute atomic E-state index is 2.56. The second kappa shape index (κ2) is 3.10. The summed E-state index contributed by atoms with van der Waals surface area (Å²) < 4.78 is 0. The van der Waals surface area contributed by atoms with Gasteiger partial charge in [-0.25, -0.2) is 0 Å². The molecule has 1 heteroatoms. The first-order valence-corrected chi connectivity index (χ1v) is 6.50. The topological polar surface area (TPSA) is 3.24 Å². The van der Waals surface area contributed by atoms with Gasteiger partial charge in [0.1, 0.15) is 0 Å². The maximum Gasteiger partial charge on any atom is 0.00153 e. The Kier molecular flexibility index (Phi) is 2.04. The molecule has 0 radical (unpaired) electrons. The van der Waals surface area contributed by atoms with Gasteiger partial charge in [0.25, 0.3) is 0 Å². The fourth-order valence-corrected chi connectivity index (χ4v) is 4.77. The van der Waals surface area contributed by atoms with Gasteiger partial charge in [-0.1, -0.05) is 11.1 Å². The quantitative estimate of drug-likeness (QED) is 0.549. The lowest BCUT2D eigenvalue weighted by atomic mass is 9.65. The van der Waals surface area contributed by atoms with Crippen molar-refractivity contribution in [3.63, 3.8) is 0 Å². The second-order valence-corrected chi connectivity index (χ2v) is 6.14. The van der Waals surface area contributed by atoms with Crippen LogP contribution < -0.4 is 0 Å². The summed E-state index contributed by atoms with van der Waals surface area (Å²) in [6.45, 7) is 7.49. The average Bonchev–Trinajstić information content (AvgIpc) is 2.57. The van der Waals surface area contributed by atoms with Crippen molar-refractivity contribution in [2.45, 2.75) is 39.5 Å². The normalized spacial score (nSPS) is 45.8. The Bertz CT molecular complexity index is 301. The zero-order valence-electron chi connectivity index (χ0n) is 10.3. The highest BCUT2D eigenvalue weighted by atomic mass is 15.1. The van der Waals surface area contributed by atoms with E-state index in [1.807, 2.05) is 0 Å². The molecule has 0 aromatic heterocycles. The Balaban J connectivity index is 2.01. The van der Waals surface area contributed by atoms with Gasteiger partial charge in [-0.3, -0.25) is 0 Å². The SMILES string of the molecule is CC1=C(C)C2(CC1)[C@H]1CC[C@H]2CN(C)C1. The van der Waals surface area contributed by atoms with Crippen molar-refractivity contribution in [3.8, 4) is 0 Å². The van der Waals surface area contributed by atoms with Crippen LogP contribution in [0.1, 0.15) is 39.5 Å². The molecule has 1 spiro atoms. The first-order chi connectivity index (χ1) is 7.14. The van der Waals surface area contributed by atoms with Gasteiger partial charge in [0, 0.05) is 13.1 Å². The molecule has 0 aromatic rings. The van der Waals surface area contributed by atoms with E-state index < -0.39 is 0 Å². The summed E-state index contributed by atoms with van der Waals surface area (Å²) in [5.74, 6) is 1.94. The molecular formula is C14H23N. The van der Waals surface area contributed by atoms with Gasteiger partial charge < -0.3 is 4.90 Å². The molecule has 15 heavy (non-hydrogen) atoms. The van der Waals surface area contributed by atoms with Gasteiger partial charge >= 0.3 is 0 Å². The van der Waals surface area contributed by atoms with Gasteiger partial charge in [0.05, 0.1) is 0 Å². The fraction of sp³-hybridized carbons (Fsp3) is 0.857. The molecule has 0 aromatic carbocycles. The summed E-state index contributed by atoms with van der Waals surface area (Å²) in [6, 6.07) is 0. The van der Waals surface area contributed by atoms with Crippen molar-refractivity contribution in [2.75, 3.05) is 20.1 Å². The number of rotatable bonds is 0. The molecule has 1 saturated carbocycles. The standard InChI is InChI=1S/C14H23N/c1-10-6-7-14(11(10)2)12-4-5-13(14)9-15(3)8-12/h12-13H,4-9H2,1-3H3/t12-,13-/m0/s1. The summed E-state index contributed by atoms with van der Waals surface area (Å²) in [5.41, 5.74) is 4.14. The molecule has 0 amide bonds. The smallest absolute Gasteiger partial charge is 0.00153 e. The lowest BCUT2D eigenvalue weighted by Crippen LogP contribution is -2.47. The van der Waals surface area contributed by atoms with Crippen molar-refractivity contribution in [1.29, 1.82) is 0 Å². The molecule has 0 N–H and O–H groups in total. The summed E-state index contributed by atoms with van der Waals surface area (Å²) in [6.07, 6.45) is 5.82. The van der Waals surface area contributed by atoms with Gasteiger partial charge in [-0.05, 0) is 63.8 Å². The first-order valence-electron chi connectivity index (χ1n) is 6.50. The Morgan fingerprint density at radius 1 is 1.13 bits per heavy atom. The highest BCUT2D eigenvalue weighted by Crippen LogP contribution is 2.61. The van der Waals surface area contributed by atoms with Crippen LogP contribution in [0, 0.1) is 17.3 Å². The van der Waals surface area contributed by atoms with Gasteiger partial charge in [-0.2, -0.15) is 0 Å². The monoisotopic (exact) mass is 205 g/mol. The van der Waals surface area contributed by atoms with Crippen molar-refractivity contribution in [3.05, 3.63) is 11.1 Å². The third-order valence-corrected chi connectivity index (χ3v) is 5.64. The predicted molar refractivity (Wildman–Crippen MR) is 63.8 cm³/mol. The van der Waals surface area contributed by atoms with E-state index >= 15 is 0 Å². The summed E-state index contributed by atoms with van der Waals surface area (Å²) in [4.78, 5) is 2.56. The fourth-order valence-electron chi connectivity index (χ4n) is 4.77. The molecule has 2 bridgehead atoms. The Morgan fingerprint density at radius 3 is 2.20 bits per heavy atom. The molecule has 3 rings (SSSR count). The predicted octanol–water partition coefficient (Wildman–Crippen LogP) is 3.07. The van der Waals surface area contributed by atoms with Crippen molar-refractivity contribution in [2.24, 2.45) is 17.3 Å². The van der Waals surface area contributed by atoms with Crippen LogP contribution >= 0.6 is 0 Å². The summed E-state index contributed by atoms with van der Waals surface area (Å²) in [7, 11) is 2.30. The Hall–Kier alpha value is -0.300. The molecule has 2 aliphatic carbocycles. The number of hydrogen-bond donors (Lipinski definition) is 0. The summed E-state index contributed by atoms with van der Waals surface area (Å²) in [5, 5.41) is 0. The number of likely N-dealkylation sites (tertiary alicyclic amines) is 1. The largest absolute Gasteiger partial charge is 0.306 e. The van der Waals surface area contributed by atoms with Crippen LogP contribution in [0.2, 0.25) is 0 Å². The highest BCUT2D eigenvalue weighted by Gasteiger charge is 2.55. The van der Waals surface area contributed by atoms with Gasteiger partial charge in [0.2, 0.25) is 0 Å². The minimum atomic E-state index is 0.649. The molecule has 2 atom stereocenters. The van der Waals surface area contributed by atoms with Crippen LogP contribution in [-0.2, 0) is 0 Å². The number of allylic oxidation sites excluding steroid dienone is 2. The second-order valence-electron chi connectivity index (χ2n) is 6.14. The minimum absolute atomic E-state index is 0.649. The van der Waals surface area contributed by atoms with Crippen LogP contribution in [0.5, 0.6) is 0 Å². The van der Waals surface area contributed by atoms with Crippen LogP contribution in [0.25, 0.3) is 0 Å². The third-order valence-electron chi connectivity index (χ3n) is 5.64. The van der Waals surface area contributed by atoms with Crippen molar-refractivity contribution < 1.29 is 0 Å². The Morgan fingerprint density at radius 2 is 1.73 bits per heavy atom. The van der Waals surface area contributed by atoms with Crippen LogP contribution in [-0.4, -0.2) is 25.0 Å². The number of hydrogen-bond acceptors (Lipinski definition) is 1. The van der Waals surface area contributed by atoms with E-state index in [1.54, 1.807) is 11.1 Å². The van der Waals surface area contributed by atoms with E-state index in [0.717, 1.165) is 11.8 Å². The molecule has 1 saturated heterocycles. The Labute approximate surface area is 93.5 Å². The van der Waals surface area contributed by atoms with E-state index in [-0.39, 0.29) is 0 Å². The van der Waals surface area contributed by atoms with Crippen molar-refractivity contribution in [1.82, 2.24) is 4.90 Å². The molecule has 2 fully saturated rings. The molecule has 84 valence electrons. The molecule has 1 heterocycles. The zero-order chi connectivity index (χ0) is 10.6. The van der Waals surface area contributed by atoms with E-state index in [1.165, 1.54) is 38.8 Å². The third kappa shape index (κ3) is 1.13. The zero-order valence-corrected chi connectivity index (χ0v) is 10.3. The first kappa shape index (κ1) is 9.89. The van der Waals surface area contributed by atoms with E-state index in [4.69, 9.17) is 0 Å². The summed E-state index contributed by atoms with van der Waals surface area (Å²) >= 11 is 0. The molecule has 3 aliphatic rings. The van der Waals surface area contributed by atoms with Gasteiger partial charge in [0.15, 0.2) is 0 Å². The van der Waals surface area contributed by atoms with E-state index in [0.29, 0.717) is 5.41 Å². The molecule has 0 unspecified atom stereocenters. The lowest BCUT2D eigenvalue weighted by Gasteiger charge is -2.46. The molecule has 1 aliphatic heterocycles. The lowest BCUT2D eigenvalue weighted by molar-refractivity contribution is 0.0636. The number of nitrogens with zero attached hydrogens (tertiary/aromatic N) is 1. The van der Waals surface area contributed by atoms with Crippen molar-refractivity contribution >= 4 is 0 Å². The molecule has 1 nitrogen and oxygen atoms in total.